The third kappa shape index (κ3) is 1.57. The van der Waals surface area contributed by atoms with Crippen LogP contribution >= 0.6 is 0 Å². The molecule has 3 fully saturated rings. The van der Waals surface area contributed by atoms with E-state index in [2.05, 4.69) is 17.0 Å². The number of rotatable bonds is 2. The van der Waals surface area contributed by atoms with Crippen molar-refractivity contribution in [1.29, 1.82) is 0 Å². The van der Waals surface area contributed by atoms with Gasteiger partial charge in [-0.05, 0) is 12.1 Å². The average Bonchev–Trinajstić information content (AvgIpc) is 2.28. The highest BCUT2D eigenvalue weighted by molar-refractivity contribution is 5.51. The highest BCUT2D eigenvalue weighted by Gasteiger charge is 2.38. The van der Waals surface area contributed by atoms with E-state index in [0.717, 1.165) is 18.8 Å². The number of fused-ring (bicyclic) bond motifs is 2. The average molecular weight is 205 g/mol. The van der Waals surface area contributed by atoms with Crippen LogP contribution in [0.25, 0.3) is 0 Å². The molecule has 0 amide bonds. The van der Waals surface area contributed by atoms with Crippen LogP contribution < -0.4 is 9.64 Å². The van der Waals surface area contributed by atoms with Crippen LogP contribution in [0.4, 0.5) is 5.69 Å². The van der Waals surface area contributed by atoms with E-state index in [-0.39, 0.29) is 0 Å². The van der Waals surface area contributed by atoms with Crippen molar-refractivity contribution in [2.24, 2.45) is 0 Å². The second kappa shape index (κ2) is 3.42. The number of benzene rings is 1. The largest absolute Gasteiger partial charge is 0.497 e. The summed E-state index contributed by atoms with van der Waals surface area (Å²) in [6.07, 6.45) is 2.14. The SMILES string of the molecule is COc1cccc(N2CC3CC(C2)O3)c1. The Kier molecular flexibility index (Phi) is 2.06. The van der Waals surface area contributed by atoms with Crippen LogP contribution in [0.5, 0.6) is 5.75 Å². The standard InChI is InChI=1S/C12H15NO2/c1-14-10-4-2-3-9(5-10)13-7-11-6-12(8-13)15-11/h2-5,11-12H,6-8H2,1H3. The first-order chi connectivity index (χ1) is 7.35. The zero-order valence-electron chi connectivity index (χ0n) is 8.85. The first kappa shape index (κ1) is 9.04. The molecule has 2 bridgehead atoms. The Bertz CT molecular complexity index is 350. The number of morpholine rings is 1. The van der Waals surface area contributed by atoms with Gasteiger partial charge in [0.15, 0.2) is 0 Å². The molecule has 0 radical (unpaired) electrons. The summed E-state index contributed by atoms with van der Waals surface area (Å²) in [5.74, 6) is 0.924. The summed E-state index contributed by atoms with van der Waals surface area (Å²) >= 11 is 0. The number of hydrogen-bond acceptors (Lipinski definition) is 3. The van der Waals surface area contributed by atoms with Crippen molar-refractivity contribution in [2.45, 2.75) is 18.6 Å². The maximum atomic E-state index is 5.61. The van der Waals surface area contributed by atoms with Crippen LogP contribution in [0.15, 0.2) is 24.3 Å². The Morgan fingerprint density at radius 2 is 2.07 bits per heavy atom. The van der Waals surface area contributed by atoms with Crippen molar-refractivity contribution < 1.29 is 9.47 Å². The summed E-state index contributed by atoms with van der Waals surface area (Å²) in [7, 11) is 1.70. The predicted molar refractivity (Wildman–Crippen MR) is 58.5 cm³/mol. The highest BCUT2D eigenvalue weighted by atomic mass is 16.5. The van der Waals surface area contributed by atoms with E-state index in [0.29, 0.717) is 12.2 Å². The summed E-state index contributed by atoms with van der Waals surface area (Å²) in [5, 5.41) is 0. The molecule has 15 heavy (non-hydrogen) atoms. The molecule has 0 spiro atoms. The number of methoxy groups -OCH3 is 1. The molecule has 3 aliphatic rings. The van der Waals surface area contributed by atoms with Crippen molar-refractivity contribution in [2.75, 3.05) is 25.1 Å². The monoisotopic (exact) mass is 205 g/mol. The molecule has 3 saturated heterocycles. The molecule has 80 valence electrons. The number of nitrogens with zero attached hydrogens (tertiary/aromatic N) is 1. The zero-order chi connectivity index (χ0) is 10.3. The van der Waals surface area contributed by atoms with Crippen molar-refractivity contribution in [3.63, 3.8) is 0 Å². The maximum absolute atomic E-state index is 5.61. The lowest BCUT2D eigenvalue weighted by Crippen LogP contribution is -2.57. The summed E-state index contributed by atoms with van der Waals surface area (Å²) in [5.41, 5.74) is 1.24. The molecular formula is C12H15NO2. The predicted octanol–water partition coefficient (Wildman–Crippen LogP) is 1.67. The fourth-order valence-electron chi connectivity index (χ4n) is 2.37. The fourth-order valence-corrected chi connectivity index (χ4v) is 2.37. The molecule has 3 heteroatoms. The van der Waals surface area contributed by atoms with Crippen LogP contribution in [-0.4, -0.2) is 32.4 Å². The van der Waals surface area contributed by atoms with Gasteiger partial charge in [-0.3, -0.25) is 0 Å². The number of anilines is 1. The third-order valence-corrected chi connectivity index (χ3v) is 3.18. The van der Waals surface area contributed by atoms with Crippen molar-refractivity contribution >= 4 is 5.69 Å². The van der Waals surface area contributed by atoms with E-state index < -0.39 is 0 Å². The normalized spacial score (nSPS) is 28.5. The Morgan fingerprint density at radius 1 is 1.33 bits per heavy atom. The molecule has 0 aliphatic carbocycles. The van der Waals surface area contributed by atoms with Gasteiger partial charge in [-0.2, -0.15) is 0 Å². The van der Waals surface area contributed by atoms with E-state index >= 15 is 0 Å². The molecular weight excluding hydrogens is 190 g/mol. The smallest absolute Gasteiger partial charge is 0.120 e. The molecule has 0 aromatic heterocycles. The van der Waals surface area contributed by atoms with Gasteiger partial charge in [0.2, 0.25) is 0 Å². The lowest BCUT2D eigenvalue weighted by Gasteiger charge is -2.48. The van der Waals surface area contributed by atoms with E-state index in [1.165, 1.54) is 12.1 Å². The van der Waals surface area contributed by atoms with Gasteiger partial charge in [0.05, 0.1) is 19.3 Å². The Labute approximate surface area is 89.6 Å². The Balaban J connectivity index is 1.80. The minimum Gasteiger partial charge on any atom is -0.497 e. The lowest BCUT2D eigenvalue weighted by atomic mass is 9.98. The zero-order valence-corrected chi connectivity index (χ0v) is 8.85. The summed E-state index contributed by atoms with van der Waals surface area (Å²) < 4.78 is 10.8. The second-order valence-electron chi connectivity index (χ2n) is 4.22. The van der Waals surface area contributed by atoms with Gasteiger partial charge in [-0.25, -0.2) is 0 Å². The number of hydrogen-bond donors (Lipinski definition) is 0. The second-order valence-corrected chi connectivity index (χ2v) is 4.22. The first-order valence-electron chi connectivity index (χ1n) is 5.39. The molecule has 1 aromatic rings. The van der Waals surface area contributed by atoms with E-state index in [1.54, 1.807) is 7.11 Å². The summed E-state index contributed by atoms with van der Waals surface area (Å²) in [6, 6.07) is 8.23. The summed E-state index contributed by atoms with van der Waals surface area (Å²) in [6.45, 7) is 2.04. The van der Waals surface area contributed by atoms with Gasteiger partial charge in [-0.15, -0.1) is 0 Å². The molecule has 1 aromatic carbocycles. The third-order valence-electron chi connectivity index (χ3n) is 3.18. The molecule has 2 unspecified atom stereocenters. The van der Waals surface area contributed by atoms with E-state index in [1.807, 2.05) is 12.1 Å². The first-order valence-corrected chi connectivity index (χ1v) is 5.39. The highest BCUT2D eigenvalue weighted by Crippen LogP contribution is 2.32. The molecule has 3 aliphatic heterocycles. The van der Waals surface area contributed by atoms with Crippen LogP contribution in [-0.2, 0) is 4.74 Å². The minimum absolute atomic E-state index is 0.454. The van der Waals surface area contributed by atoms with Gasteiger partial charge in [0.25, 0.3) is 0 Å². The van der Waals surface area contributed by atoms with Crippen LogP contribution in [0.1, 0.15) is 6.42 Å². The quantitative estimate of drug-likeness (QED) is 0.733. The van der Waals surface area contributed by atoms with Crippen LogP contribution in [0, 0.1) is 0 Å². The molecule has 2 atom stereocenters. The van der Waals surface area contributed by atoms with Crippen LogP contribution in [0.2, 0.25) is 0 Å². The lowest BCUT2D eigenvalue weighted by molar-refractivity contribution is -0.133. The van der Waals surface area contributed by atoms with Gasteiger partial charge < -0.3 is 14.4 Å². The van der Waals surface area contributed by atoms with E-state index in [9.17, 15) is 0 Å². The molecule has 3 nitrogen and oxygen atoms in total. The Hall–Kier alpha value is -1.22. The van der Waals surface area contributed by atoms with Gasteiger partial charge in [-0.1, -0.05) is 6.07 Å². The van der Waals surface area contributed by atoms with Crippen molar-refractivity contribution in [1.82, 2.24) is 0 Å². The van der Waals surface area contributed by atoms with Crippen molar-refractivity contribution in [3.05, 3.63) is 24.3 Å². The van der Waals surface area contributed by atoms with E-state index in [4.69, 9.17) is 9.47 Å². The van der Waals surface area contributed by atoms with Gasteiger partial charge in [0, 0.05) is 31.3 Å². The fraction of sp³-hybridized carbons (Fsp3) is 0.500. The maximum Gasteiger partial charge on any atom is 0.120 e. The van der Waals surface area contributed by atoms with Crippen molar-refractivity contribution in [3.8, 4) is 5.75 Å². The molecule has 3 heterocycles. The Morgan fingerprint density at radius 3 is 2.73 bits per heavy atom. The van der Waals surface area contributed by atoms with Gasteiger partial charge in [0.1, 0.15) is 5.75 Å². The van der Waals surface area contributed by atoms with Gasteiger partial charge >= 0.3 is 0 Å². The van der Waals surface area contributed by atoms with Crippen LogP contribution in [0.3, 0.4) is 0 Å². The molecule has 0 N–H and O–H groups in total. The number of ether oxygens (including phenoxy) is 2. The summed E-state index contributed by atoms with van der Waals surface area (Å²) in [4.78, 5) is 2.38. The number of piperidine rings is 1. The molecule has 4 rings (SSSR count). The topological polar surface area (TPSA) is 21.7 Å². The minimum atomic E-state index is 0.454. The molecule has 0 saturated carbocycles.